The van der Waals surface area contributed by atoms with E-state index in [1.807, 2.05) is 49.4 Å². The van der Waals surface area contributed by atoms with Gasteiger partial charge in [0, 0.05) is 37.9 Å². The van der Waals surface area contributed by atoms with Crippen molar-refractivity contribution >= 4 is 17.9 Å². The van der Waals surface area contributed by atoms with Crippen molar-refractivity contribution in [1.82, 2.24) is 20.5 Å². The molecular formula is C25H32N4O3. The van der Waals surface area contributed by atoms with Crippen LogP contribution >= 0.6 is 0 Å². The molecule has 0 bridgehead atoms. The van der Waals surface area contributed by atoms with Gasteiger partial charge in [-0.2, -0.15) is 0 Å². The highest BCUT2D eigenvalue weighted by atomic mass is 16.5. The quantitative estimate of drug-likeness (QED) is 0.560. The van der Waals surface area contributed by atoms with Gasteiger partial charge in [-0.15, -0.1) is 0 Å². The monoisotopic (exact) mass is 436 g/mol. The van der Waals surface area contributed by atoms with Crippen molar-refractivity contribution in [1.29, 1.82) is 0 Å². The lowest BCUT2D eigenvalue weighted by molar-refractivity contribution is -0.123. The van der Waals surface area contributed by atoms with E-state index in [0.29, 0.717) is 13.2 Å². The molecule has 0 spiro atoms. The second-order valence-corrected chi connectivity index (χ2v) is 7.92. The first kappa shape index (κ1) is 23.5. The zero-order chi connectivity index (χ0) is 22.6. The molecule has 7 nitrogen and oxygen atoms in total. The minimum absolute atomic E-state index is 0.0745. The summed E-state index contributed by atoms with van der Waals surface area (Å²) in [4.78, 5) is 30.5. The second kappa shape index (κ2) is 12.6. The number of benzene rings is 1. The van der Waals surface area contributed by atoms with Crippen LogP contribution in [0.4, 0.5) is 0 Å². The topological polar surface area (TPSA) is 83.6 Å². The van der Waals surface area contributed by atoms with Crippen molar-refractivity contribution in [2.45, 2.75) is 38.8 Å². The molecule has 0 atom stereocenters. The van der Waals surface area contributed by atoms with Crippen molar-refractivity contribution in [3.63, 3.8) is 0 Å². The Bertz CT molecular complexity index is 876. The molecule has 0 aliphatic carbocycles. The Balaban J connectivity index is 1.37. The molecule has 1 fully saturated rings. The van der Waals surface area contributed by atoms with Crippen LogP contribution in [0.3, 0.4) is 0 Å². The molecule has 2 heterocycles. The summed E-state index contributed by atoms with van der Waals surface area (Å²) in [6, 6.07) is 13.5. The van der Waals surface area contributed by atoms with E-state index < -0.39 is 0 Å². The lowest BCUT2D eigenvalue weighted by atomic mass is 10.0. The third-order valence-corrected chi connectivity index (χ3v) is 5.29. The van der Waals surface area contributed by atoms with Crippen molar-refractivity contribution in [2.75, 3.05) is 26.2 Å². The van der Waals surface area contributed by atoms with Gasteiger partial charge >= 0.3 is 0 Å². The predicted octanol–water partition coefficient (Wildman–Crippen LogP) is 2.78. The number of aromatic nitrogens is 1. The molecule has 1 aromatic heterocycles. The summed E-state index contributed by atoms with van der Waals surface area (Å²) < 4.78 is 5.73. The molecule has 1 aliphatic heterocycles. The van der Waals surface area contributed by atoms with Crippen LogP contribution < -0.4 is 15.4 Å². The normalized spacial score (nSPS) is 14.9. The van der Waals surface area contributed by atoms with E-state index in [2.05, 4.69) is 20.5 Å². The van der Waals surface area contributed by atoms with Gasteiger partial charge in [-0.05, 0) is 55.2 Å². The fraction of sp³-hybridized carbons (Fsp3) is 0.400. The van der Waals surface area contributed by atoms with E-state index in [1.165, 1.54) is 0 Å². The fourth-order valence-corrected chi connectivity index (χ4v) is 3.50. The summed E-state index contributed by atoms with van der Waals surface area (Å²) in [5.74, 6) is 0.734. The molecule has 2 N–H and O–H groups in total. The summed E-state index contributed by atoms with van der Waals surface area (Å²) in [6.07, 6.45) is 7.75. The van der Waals surface area contributed by atoms with E-state index in [-0.39, 0.29) is 17.9 Å². The summed E-state index contributed by atoms with van der Waals surface area (Å²) in [5.41, 5.74) is 1.80. The van der Waals surface area contributed by atoms with Crippen LogP contribution in [0.2, 0.25) is 0 Å². The second-order valence-electron chi connectivity index (χ2n) is 7.92. The molecule has 170 valence electrons. The van der Waals surface area contributed by atoms with Gasteiger partial charge < -0.3 is 15.4 Å². The molecule has 1 aromatic carbocycles. The molecule has 2 aromatic rings. The number of ether oxygens (including phenoxy) is 1. The Kier molecular flexibility index (Phi) is 9.25. The van der Waals surface area contributed by atoms with Crippen LogP contribution in [0, 0.1) is 0 Å². The largest absolute Gasteiger partial charge is 0.487 e. The van der Waals surface area contributed by atoms with Crippen LogP contribution in [0.1, 0.15) is 37.4 Å². The Morgan fingerprint density at radius 2 is 1.94 bits per heavy atom. The van der Waals surface area contributed by atoms with Gasteiger partial charge in [0.25, 0.3) is 0 Å². The number of likely N-dealkylation sites (tertiary alicyclic amines) is 1. The Hall–Kier alpha value is -3.19. The minimum atomic E-state index is -0.0976. The van der Waals surface area contributed by atoms with Gasteiger partial charge in [0.15, 0.2) is 0 Å². The van der Waals surface area contributed by atoms with Gasteiger partial charge in [-0.25, -0.2) is 0 Å². The number of rotatable bonds is 10. The highest BCUT2D eigenvalue weighted by molar-refractivity contribution is 5.91. The third-order valence-electron chi connectivity index (χ3n) is 5.29. The smallest absolute Gasteiger partial charge is 0.244 e. The molecule has 2 amide bonds. The molecule has 0 unspecified atom stereocenters. The average molecular weight is 437 g/mol. The van der Waals surface area contributed by atoms with Gasteiger partial charge in [0.1, 0.15) is 12.4 Å². The first-order valence-corrected chi connectivity index (χ1v) is 11.2. The van der Waals surface area contributed by atoms with E-state index >= 15 is 0 Å². The van der Waals surface area contributed by atoms with E-state index in [9.17, 15) is 9.59 Å². The lowest BCUT2D eigenvalue weighted by Gasteiger charge is -2.31. The summed E-state index contributed by atoms with van der Waals surface area (Å²) in [5, 5.41) is 5.97. The zero-order valence-electron chi connectivity index (χ0n) is 18.6. The lowest BCUT2D eigenvalue weighted by Crippen LogP contribution is -2.47. The highest BCUT2D eigenvalue weighted by Gasteiger charge is 2.21. The predicted molar refractivity (Wildman–Crippen MR) is 125 cm³/mol. The molecule has 7 heteroatoms. The maximum Gasteiger partial charge on any atom is 0.244 e. The standard InChI is InChI=1S/C25H32N4O3/c1-2-14-27-25(31)18-29-16-12-21(13-17-29)28-24(30)11-8-20-6-9-23(10-7-20)32-19-22-5-3-4-15-26-22/h3-11,15,21H,2,12-14,16-19H2,1H3,(H,27,31)(H,28,30)/b11-8+. The van der Waals surface area contributed by atoms with Crippen LogP contribution in [-0.4, -0.2) is 53.9 Å². The van der Waals surface area contributed by atoms with Gasteiger partial charge in [-0.3, -0.25) is 19.5 Å². The molecule has 0 saturated carbocycles. The molecular weight excluding hydrogens is 404 g/mol. The molecule has 0 radical (unpaired) electrons. The van der Waals surface area contributed by atoms with Crippen molar-refractivity contribution < 1.29 is 14.3 Å². The number of nitrogens with zero attached hydrogens (tertiary/aromatic N) is 2. The zero-order valence-corrected chi connectivity index (χ0v) is 18.6. The van der Waals surface area contributed by atoms with E-state index in [0.717, 1.165) is 55.9 Å². The van der Waals surface area contributed by atoms with E-state index in [1.54, 1.807) is 18.3 Å². The Morgan fingerprint density at radius 3 is 2.62 bits per heavy atom. The number of carbonyl (C=O) groups excluding carboxylic acids is 2. The summed E-state index contributed by atoms with van der Waals surface area (Å²) in [7, 11) is 0. The van der Waals surface area contributed by atoms with Crippen molar-refractivity contribution in [3.05, 3.63) is 66.0 Å². The van der Waals surface area contributed by atoms with Crippen molar-refractivity contribution in [2.24, 2.45) is 0 Å². The molecule has 1 saturated heterocycles. The number of amides is 2. The van der Waals surface area contributed by atoms with Gasteiger partial charge in [0.05, 0.1) is 12.2 Å². The molecule has 1 aliphatic rings. The number of hydrogen-bond acceptors (Lipinski definition) is 5. The number of pyridine rings is 1. The van der Waals surface area contributed by atoms with Crippen molar-refractivity contribution in [3.8, 4) is 5.75 Å². The van der Waals surface area contributed by atoms with Crippen LogP contribution in [0.15, 0.2) is 54.7 Å². The number of nitrogens with one attached hydrogen (secondary N) is 2. The number of hydrogen-bond donors (Lipinski definition) is 2. The van der Waals surface area contributed by atoms with Crippen LogP contribution in [0.5, 0.6) is 5.75 Å². The Morgan fingerprint density at radius 1 is 1.16 bits per heavy atom. The first-order valence-electron chi connectivity index (χ1n) is 11.2. The first-order chi connectivity index (χ1) is 15.6. The van der Waals surface area contributed by atoms with Crippen LogP contribution in [-0.2, 0) is 16.2 Å². The SMILES string of the molecule is CCCNC(=O)CN1CCC(NC(=O)/C=C/c2ccc(OCc3ccccn3)cc2)CC1. The van der Waals surface area contributed by atoms with Gasteiger partial charge in [-0.1, -0.05) is 25.1 Å². The summed E-state index contributed by atoms with van der Waals surface area (Å²) in [6.45, 7) is 5.24. The Labute approximate surface area is 189 Å². The van der Waals surface area contributed by atoms with Gasteiger partial charge in [0.2, 0.25) is 11.8 Å². The van der Waals surface area contributed by atoms with E-state index in [4.69, 9.17) is 4.74 Å². The minimum Gasteiger partial charge on any atom is -0.487 e. The third kappa shape index (κ3) is 8.15. The fourth-order valence-electron chi connectivity index (χ4n) is 3.50. The number of carbonyl (C=O) groups is 2. The number of piperidine rings is 1. The highest BCUT2D eigenvalue weighted by Crippen LogP contribution is 2.15. The summed E-state index contributed by atoms with van der Waals surface area (Å²) >= 11 is 0. The van der Waals surface area contributed by atoms with Crippen LogP contribution in [0.25, 0.3) is 6.08 Å². The molecule has 32 heavy (non-hydrogen) atoms. The maximum atomic E-state index is 12.3. The molecule has 3 rings (SSSR count). The average Bonchev–Trinajstić information content (AvgIpc) is 2.82. The maximum absolute atomic E-state index is 12.3.